The van der Waals surface area contributed by atoms with Crippen molar-refractivity contribution in [1.82, 2.24) is 15.2 Å². The number of amidine groups is 1. The molecule has 0 aliphatic carbocycles. The van der Waals surface area contributed by atoms with Gasteiger partial charge >= 0.3 is 5.97 Å². The summed E-state index contributed by atoms with van der Waals surface area (Å²) in [6, 6.07) is 4.44. The van der Waals surface area contributed by atoms with Crippen LogP contribution in [0.5, 0.6) is 0 Å². The summed E-state index contributed by atoms with van der Waals surface area (Å²) in [6.07, 6.45) is 1.43. The van der Waals surface area contributed by atoms with E-state index in [0.717, 1.165) is 0 Å². The summed E-state index contributed by atoms with van der Waals surface area (Å²) >= 11 is 14.1. The van der Waals surface area contributed by atoms with E-state index in [9.17, 15) is 9.90 Å². The van der Waals surface area contributed by atoms with Crippen LogP contribution in [0.4, 0.5) is 0 Å². The number of carbonyl (C=O) groups is 1. The minimum Gasteiger partial charge on any atom is -0.463 e. The highest BCUT2D eigenvalue weighted by Crippen LogP contribution is 2.37. The van der Waals surface area contributed by atoms with Crippen LogP contribution >= 0.6 is 34.5 Å². The number of hydrogen-bond donors (Lipinski definition) is 2. The third-order valence-electron chi connectivity index (χ3n) is 5.32. The first-order valence-electron chi connectivity index (χ1n) is 10.5. The van der Waals surface area contributed by atoms with Gasteiger partial charge in [0.1, 0.15) is 6.04 Å². The van der Waals surface area contributed by atoms with Crippen LogP contribution in [0.25, 0.3) is 0 Å². The second-order valence-corrected chi connectivity index (χ2v) is 9.27. The number of halogens is 2. The number of morpholine rings is 1. The van der Waals surface area contributed by atoms with E-state index in [1.54, 1.807) is 31.3 Å². The first-order chi connectivity index (χ1) is 16.0. The van der Waals surface area contributed by atoms with E-state index in [1.165, 1.54) is 11.3 Å². The molecular weight excluding hydrogens is 487 g/mol. The fraction of sp³-hybridized carbons (Fsp3) is 0.409. The molecule has 0 amide bonds. The van der Waals surface area contributed by atoms with Crippen LogP contribution in [0.15, 0.2) is 46.0 Å². The quantitative estimate of drug-likeness (QED) is 0.552. The molecule has 1 unspecified atom stereocenters. The Labute approximate surface area is 205 Å². The van der Waals surface area contributed by atoms with Crippen LogP contribution in [0, 0.1) is 0 Å². The van der Waals surface area contributed by atoms with Crippen molar-refractivity contribution in [2.75, 3.05) is 39.5 Å². The van der Waals surface area contributed by atoms with Gasteiger partial charge in [-0.3, -0.25) is 9.89 Å². The Morgan fingerprint density at radius 1 is 1.42 bits per heavy atom. The Kier molecular flexibility index (Phi) is 8.00. The molecule has 0 bridgehead atoms. The first kappa shape index (κ1) is 24.1. The number of carbonyl (C=O) groups excluding carboxylic acids is 1. The number of rotatable bonds is 7. The van der Waals surface area contributed by atoms with Gasteiger partial charge in [0.15, 0.2) is 10.8 Å². The summed E-state index contributed by atoms with van der Waals surface area (Å²) in [7, 11) is 0. The molecular formula is C22H24Cl2N4O4S. The Morgan fingerprint density at radius 3 is 2.97 bits per heavy atom. The molecule has 11 heteroatoms. The Balaban J connectivity index is 1.79. The monoisotopic (exact) mass is 510 g/mol. The van der Waals surface area contributed by atoms with Gasteiger partial charge in [-0.2, -0.15) is 0 Å². The van der Waals surface area contributed by atoms with E-state index >= 15 is 0 Å². The number of esters is 1. The highest BCUT2D eigenvalue weighted by Gasteiger charge is 2.35. The van der Waals surface area contributed by atoms with Crippen molar-refractivity contribution in [2.45, 2.75) is 19.1 Å². The molecule has 176 valence electrons. The van der Waals surface area contributed by atoms with Crippen LogP contribution in [0.1, 0.15) is 23.5 Å². The summed E-state index contributed by atoms with van der Waals surface area (Å²) in [5.74, 6) is 0.0842. The molecule has 33 heavy (non-hydrogen) atoms. The zero-order valence-corrected chi connectivity index (χ0v) is 20.3. The standard InChI is InChI=1S/C22H24Cl2N4O4S/c1-2-31-22(30)18-17(11-28-6-7-32-14(10-28)12-29)26-20(21-25-5-8-33-21)27-19(18)15-4-3-13(23)9-16(15)24/h3-5,8-9,14,19,29H,2,6-7,10-12H2,1H3,(H,26,27)/t14-,19?/m0/s1. The summed E-state index contributed by atoms with van der Waals surface area (Å²) in [6.45, 7) is 4.03. The fourth-order valence-corrected chi connectivity index (χ4v) is 4.92. The average molecular weight is 511 g/mol. The Hall–Kier alpha value is -2.01. The molecule has 2 aliphatic heterocycles. The maximum Gasteiger partial charge on any atom is 0.338 e. The molecule has 0 radical (unpaired) electrons. The van der Waals surface area contributed by atoms with Crippen molar-refractivity contribution >= 4 is 46.3 Å². The minimum atomic E-state index is -0.696. The number of ether oxygens (including phenoxy) is 2. The molecule has 1 saturated heterocycles. The highest BCUT2D eigenvalue weighted by atomic mass is 35.5. The van der Waals surface area contributed by atoms with Gasteiger partial charge in [-0.15, -0.1) is 11.3 Å². The van der Waals surface area contributed by atoms with E-state index in [1.807, 2.05) is 5.38 Å². The number of aromatic nitrogens is 1. The van der Waals surface area contributed by atoms with Crippen molar-refractivity contribution in [3.8, 4) is 0 Å². The van der Waals surface area contributed by atoms with Crippen molar-refractivity contribution < 1.29 is 19.4 Å². The molecule has 0 saturated carbocycles. The van der Waals surface area contributed by atoms with E-state index < -0.39 is 12.0 Å². The van der Waals surface area contributed by atoms with E-state index in [0.29, 0.717) is 64.0 Å². The van der Waals surface area contributed by atoms with Gasteiger partial charge in [0, 0.05) is 52.5 Å². The topological polar surface area (TPSA) is 96.3 Å². The number of nitrogens with zero attached hydrogens (tertiary/aromatic N) is 3. The second-order valence-electron chi connectivity index (χ2n) is 7.53. The van der Waals surface area contributed by atoms with Crippen molar-refractivity contribution in [2.24, 2.45) is 4.99 Å². The van der Waals surface area contributed by atoms with Crippen molar-refractivity contribution in [3.05, 3.63) is 61.7 Å². The van der Waals surface area contributed by atoms with Gasteiger partial charge < -0.3 is 19.9 Å². The summed E-state index contributed by atoms with van der Waals surface area (Å²) in [5, 5.41) is 16.3. The first-order valence-corrected chi connectivity index (χ1v) is 12.2. The van der Waals surface area contributed by atoms with Gasteiger partial charge in [-0.1, -0.05) is 29.3 Å². The number of hydrogen-bond acceptors (Lipinski definition) is 9. The normalized spacial score (nSPS) is 21.5. The molecule has 2 N–H and O–H groups in total. The zero-order chi connectivity index (χ0) is 23.4. The average Bonchev–Trinajstić information content (AvgIpc) is 3.34. The summed E-state index contributed by atoms with van der Waals surface area (Å²) in [4.78, 5) is 24.5. The summed E-state index contributed by atoms with van der Waals surface area (Å²) in [5.41, 5.74) is 1.68. The zero-order valence-electron chi connectivity index (χ0n) is 18.0. The third-order valence-corrected chi connectivity index (χ3v) is 6.66. The van der Waals surface area contributed by atoms with E-state index in [-0.39, 0.29) is 19.3 Å². The fourth-order valence-electron chi connectivity index (χ4n) is 3.83. The van der Waals surface area contributed by atoms with Gasteiger partial charge in [-0.25, -0.2) is 9.78 Å². The van der Waals surface area contributed by atoms with Crippen LogP contribution in [0.3, 0.4) is 0 Å². The number of nitrogens with one attached hydrogen (secondary N) is 1. The number of aliphatic hydroxyl groups excluding tert-OH is 1. The molecule has 2 atom stereocenters. The number of benzene rings is 1. The van der Waals surface area contributed by atoms with Crippen LogP contribution in [0.2, 0.25) is 10.0 Å². The van der Waals surface area contributed by atoms with Crippen LogP contribution < -0.4 is 5.32 Å². The maximum absolute atomic E-state index is 13.2. The molecule has 8 nitrogen and oxygen atoms in total. The van der Waals surface area contributed by atoms with Gasteiger partial charge in [0.2, 0.25) is 0 Å². The smallest absolute Gasteiger partial charge is 0.338 e. The van der Waals surface area contributed by atoms with Gasteiger partial charge in [0.05, 0.1) is 31.5 Å². The van der Waals surface area contributed by atoms with Gasteiger partial charge in [-0.05, 0) is 19.1 Å². The largest absolute Gasteiger partial charge is 0.463 e. The van der Waals surface area contributed by atoms with E-state index in [2.05, 4.69) is 15.2 Å². The molecule has 4 rings (SSSR count). The lowest BCUT2D eigenvalue weighted by Crippen LogP contribution is -2.47. The molecule has 1 fully saturated rings. The predicted octanol–water partition coefficient (Wildman–Crippen LogP) is 3.05. The number of thiazole rings is 1. The highest BCUT2D eigenvalue weighted by molar-refractivity contribution is 7.11. The second kappa shape index (κ2) is 10.9. The maximum atomic E-state index is 13.2. The molecule has 3 heterocycles. The molecule has 2 aromatic rings. The molecule has 2 aliphatic rings. The van der Waals surface area contributed by atoms with Gasteiger partial charge in [0.25, 0.3) is 0 Å². The van der Waals surface area contributed by atoms with Crippen molar-refractivity contribution in [3.63, 3.8) is 0 Å². The minimum absolute atomic E-state index is 0.0669. The third kappa shape index (κ3) is 5.56. The lowest BCUT2D eigenvalue weighted by molar-refractivity contribution is -0.139. The lowest BCUT2D eigenvalue weighted by Gasteiger charge is -2.35. The number of aliphatic hydroxyl groups is 1. The SMILES string of the molecule is CCOC(=O)C1=C(CN2CCO[C@H](CO)C2)NC(c2nccs2)=NC1c1ccc(Cl)cc1Cl. The molecule has 0 spiro atoms. The lowest BCUT2D eigenvalue weighted by atomic mass is 9.95. The summed E-state index contributed by atoms with van der Waals surface area (Å²) < 4.78 is 11.0. The molecule has 1 aromatic heterocycles. The molecule has 1 aromatic carbocycles. The predicted molar refractivity (Wildman–Crippen MR) is 128 cm³/mol. The van der Waals surface area contributed by atoms with Crippen molar-refractivity contribution in [1.29, 1.82) is 0 Å². The number of aliphatic imine (C=N–C) groups is 1. The van der Waals surface area contributed by atoms with Crippen LogP contribution in [-0.4, -0.2) is 72.4 Å². The Bertz CT molecular complexity index is 1060. The Morgan fingerprint density at radius 2 is 2.27 bits per heavy atom. The van der Waals surface area contributed by atoms with E-state index in [4.69, 9.17) is 37.7 Å². The van der Waals surface area contributed by atoms with Crippen LogP contribution in [-0.2, 0) is 14.3 Å².